The molecule has 2 aliphatic heterocycles. The van der Waals surface area contributed by atoms with Gasteiger partial charge >= 0.3 is 0 Å². The Balaban J connectivity index is 1.91. The number of amides is 1. The van der Waals surface area contributed by atoms with E-state index in [2.05, 4.69) is 5.32 Å². The number of likely N-dealkylation sites (tertiary alicyclic amines) is 1. The topological polar surface area (TPSA) is 56.2 Å². The zero-order chi connectivity index (χ0) is 13.4. The van der Waals surface area contributed by atoms with E-state index in [9.17, 15) is 4.79 Å². The highest BCUT2D eigenvalue weighted by atomic mass is 35.5. The molecule has 0 aliphatic carbocycles. The molecule has 1 saturated heterocycles. The van der Waals surface area contributed by atoms with E-state index in [4.69, 9.17) is 17.0 Å². The predicted molar refractivity (Wildman–Crippen MR) is 77.7 cm³/mol. The molecule has 1 aromatic rings. The Labute approximate surface area is 120 Å². The fourth-order valence-corrected chi connectivity index (χ4v) is 3.40. The van der Waals surface area contributed by atoms with Gasteiger partial charge in [0.25, 0.3) is 0 Å². The molecule has 0 spiro atoms. The van der Waals surface area contributed by atoms with Crippen LogP contribution in [0.4, 0.5) is 5.69 Å². The van der Waals surface area contributed by atoms with Gasteiger partial charge in [0, 0.05) is 22.9 Å². The van der Waals surface area contributed by atoms with E-state index in [-0.39, 0.29) is 18.2 Å². The van der Waals surface area contributed by atoms with Crippen LogP contribution in [0.2, 0.25) is 0 Å². The second-order valence-electron chi connectivity index (χ2n) is 4.29. The summed E-state index contributed by atoms with van der Waals surface area (Å²) in [5.41, 5.74) is 1.79. The van der Waals surface area contributed by atoms with Crippen LogP contribution < -0.4 is 5.32 Å². The number of rotatable bonds is 2. The first-order chi connectivity index (χ1) is 9.20. The van der Waals surface area contributed by atoms with Crippen molar-refractivity contribution in [2.45, 2.75) is 11.3 Å². The lowest BCUT2D eigenvalue weighted by atomic mass is 10.2. The van der Waals surface area contributed by atoms with Crippen molar-refractivity contribution in [2.24, 2.45) is 0 Å². The van der Waals surface area contributed by atoms with Crippen molar-refractivity contribution in [3.8, 4) is 0 Å². The first-order valence-electron chi connectivity index (χ1n) is 5.93. The molecule has 2 aliphatic rings. The number of hydrogen-bond donors (Lipinski definition) is 2. The molecule has 2 heterocycles. The average molecular weight is 294 g/mol. The van der Waals surface area contributed by atoms with Crippen LogP contribution in [0.5, 0.6) is 0 Å². The Morgan fingerprint density at radius 3 is 2.95 bits per heavy atom. The SMILES string of the molecule is N=C1C(=C2Nc3ccccc3S2)CC(=O)N1CCCl. The highest BCUT2D eigenvalue weighted by molar-refractivity contribution is 8.03. The van der Waals surface area contributed by atoms with Crippen LogP contribution in [-0.4, -0.2) is 29.1 Å². The molecular weight excluding hydrogens is 282 g/mol. The number of carbonyl (C=O) groups is 1. The molecular formula is C13H12ClN3OS. The van der Waals surface area contributed by atoms with E-state index >= 15 is 0 Å². The third-order valence-electron chi connectivity index (χ3n) is 3.11. The maximum Gasteiger partial charge on any atom is 0.232 e. The van der Waals surface area contributed by atoms with Crippen LogP contribution in [0, 0.1) is 5.41 Å². The third kappa shape index (κ3) is 2.13. The summed E-state index contributed by atoms with van der Waals surface area (Å²) >= 11 is 7.24. The second-order valence-corrected chi connectivity index (χ2v) is 5.72. The van der Waals surface area contributed by atoms with Crippen LogP contribution >= 0.6 is 23.4 Å². The number of nitrogens with zero attached hydrogens (tertiary/aromatic N) is 1. The van der Waals surface area contributed by atoms with Crippen molar-refractivity contribution in [1.82, 2.24) is 4.90 Å². The number of fused-ring (bicyclic) bond motifs is 1. The second kappa shape index (κ2) is 4.90. The van der Waals surface area contributed by atoms with E-state index in [0.717, 1.165) is 21.2 Å². The molecule has 3 rings (SSSR count). The molecule has 6 heteroatoms. The third-order valence-corrected chi connectivity index (χ3v) is 4.41. The van der Waals surface area contributed by atoms with Crippen molar-refractivity contribution in [2.75, 3.05) is 17.7 Å². The van der Waals surface area contributed by atoms with Crippen LogP contribution in [0.3, 0.4) is 0 Å². The fourth-order valence-electron chi connectivity index (χ4n) is 2.18. The maximum absolute atomic E-state index is 11.9. The summed E-state index contributed by atoms with van der Waals surface area (Å²) in [5, 5.41) is 12.3. The minimum atomic E-state index is -0.0495. The monoisotopic (exact) mass is 293 g/mol. The lowest BCUT2D eigenvalue weighted by Crippen LogP contribution is -2.30. The van der Waals surface area contributed by atoms with Crippen molar-refractivity contribution < 1.29 is 4.79 Å². The van der Waals surface area contributed by atoms with Crippen LogP contribution in [0.15, 0.2) is 39.8 Å². The smallest absolute Gasteiger partial charge is 0.232 e. The number of amidine groups is 1. The van der Waals surface area contributed by atoms with Gasteiger partial charge in [0.2, 0.25) is 5.91 Å². The van der Waals surface area contributed by atoms with Gasteiger partial charge in [0.1, 0.15) is 5.84 Å². The molecule has 0 atom stereocenters. The average Bonchev–Trinajstić information content (AvgIpc) is 2.94. The molecule has 1 fully saturated rings. The first kappa shape index (κ1) is 12.6. The number of nitrogens with one attached hydrogen (secondary N) is 2. The Kier molecular flexibility index (Phi) is 3.24. The zero-order valence-corrected chi connectivity index (χ0v) is 11.6. The molecule has 98 valence electrons. The zero-order valence-electron chi connectivity index (χ0n) is 10.1. The van der Waals surface area contributed by atoms with E-state index in [1.54, 1.807) is 11.8 Å². The summed E-state index contributed by atoms with van der Waals surface area (Å²) in [6.07, 6.45) is 0.277. The molecule has 0 bridgehead atoms. The van der Waals surface area contributed by atoms with Gasteiger partial charge in [0.05, 0.1) is 17.1 Å². The Hall–Kier alpha value is -1.46. The van der Waals surface area contributed by atoms with Crippen molar-refractivity contribution in [3.05, 3.63) is 34.9 Å². The van der Waals surface area contributed by atoms with E-state index in [1.165, 1.54) is 4.90 Å². The quantitative estimate of drug-likeness (QED) is 0.825. The number of alkyl halides is 1. The number of thioether (sulfide) groups is 1. The van der Waals surface area contributed by atoms with E-state index < -0.39 is 0 Å². The van der Waals surface area contributed by atoms with Crippen molar-refractivity contribution in [3.63, 3.8) is 0 Å². The highest BCUT2D eigenvalue weighted by Crippen LogP contribution is 2.43. The molecule has 1 aromatic carbocycles. The number of hydrogen-bond acceptors (Lipinski definition) is 4. The van der Waals surface area contributed by atoms with E-state index in [0.29, 0.717) is 12.4 Å². The lowest BCUT2D eigenvalue weighted by molar-refractivity contribution is -0.125. The summed E-state index contributed by atoms with van der Waals surface area (Å²) in [4.78, 5) is 14.4. The normalized spacial score (nSPS) is 21.8. The largest absolute Gasteiger partial charge is 0.349 e. The number of benzene rings is 1. The predicted octanol–water partition coefficient (Wildman–Crippen LogP) is 2.86. The van der Waals surface area contributed by atoms with Gasteiger partial charge in [-0.1, -0.05) is 23.9 Å². The summed E-state index contributed by atoms with van der Waals surface area (Å²) < 4.78 is 0. The molecule has 0 radical (unpaired) electrons. The molecule has 2 N–H and O–H groups in total. The van der Waals surface area contributed by atoms with Gasteiger partial charge in [-0.15, -0.1) is 11.6 Å². The summed E-state index contributed by atoms with van der Waals surface area (Å²) in [7, 11) is 0. The standard InChI is InChI=1S/C13H12ClN3OS/c14-5-6-17-11(18)7-8(12(17)15)13-16-9-3-1-2-4-10(9)19-13/h1-4,15-16H,5-7H2. The summed E-state index contributed by atoms with van der Waals surface area (Å²) in [6.45, 7) is 0.396. The molecule has 1 amide bonds. The van der Waals surface area contributed by atoms with Crippen LogP contribution in [-0.2, 0) is 4.79 Å². The van der Waals surface area contributed by atoms with Gasteiger partial charge in [-0.25, -0.2) is 0 Å². The highest BCUT2D eigenvalue weighted by Gasteiger charge is 2.34. The molecule has 0 unspecified atom stereocenters. The van der Waals surface area contributed by atoms with Gasteiger partial charge in [0.15, 0.2) is 0 Å². The van der Waals surface area contributed by atoms with Crippen LogP contribution in [0.25, 0.3) is 0 Å². The minimum Gasteiger partial charge on any atom is -0.349 e. The summed E-state index contributed by atoms with van der Waals surface area (Å²) in [6, 6.07) is 7.96. The number of anilines is 1. The first-order valence-corrected chi connectivity index (χ1v) is 7.28. The number of para-hydroxylation sites is 1. The van der Waals surface area contributed by atoms with Crippen LogP contribution in [0.1, 0.15) is 6.42 Å². The number of halogens is 1. The molecule has 0 saturated carbocycles. The van der Waals surface area contributed by atoms with E-state index in [1.807, 2.05) is 24.3 Å². The van der Waals surface area contributed by atoms with Gasteiger partial charge < -0.3 is 5.32 Å². The lowest BCUT2D eigenvalue weighted by Gasteiger charge is -2.13. The van der Waals surface area contributed by atoms with Gasteiger partial charge in [-0.3, -0.25) is 15.1 Å². The maximum atomic E-state index is 11.9. The van der Waals surface area contributed by atoms with Gasteiger partial charge in [-0.05, 0) is 12.1 Å². The number of carbonyl (C=O) groups excluding carboxylic acids is 1. The molecule has 19 heavy (non-hydrogen) atoms. The Morgan fingerprint density at radius 1 is 1.42 bits per heavy atom. The molecule has 4 nitrogen and oxygen atoms in total. The molecule has 0 aromatic heterocycles. The Morgan fingerprint density at radius 2 is 2.21 bits per heavy atom. The Bertz CT molecular complexity index is 572. The summed E-state index contributed by atoms with van der Waals surface area (Å²) in [5.74, 6) is 0.567. The van der Waals surface area contributed by atoms with Gasteiger partial charge in [-0.2, -0.15) is 0 Å². The van der Waals surface area contributed by atoms with Crippen molar-refractivity contribution >= 4 is 40.8 Å². The fraction of sp³-hybridized carbons (Fsp3) is 0.231. The minimum absolute atomic E-state index is 0.0495. The van der Waals surface area contributed by atoms with Crippen molar-refractivity contribution in [1.29, 1.82) is 5.41 Å².